The number of methoxy groups -OCH3 is 1. The third-order valence-corrected chi connectivity index (χ3v) is 1.97. The van der Waals surface area contributed by atoms with Crippen LogP contribution in [0.15, 0.2) is 24.3 Å². The van der Waals surface area contributed by atoms with E-state index in [2.05, 4.69) is 0 Å². The van der Waals surface area contributed by atoms with Crippen LogP contribution in [0.1, 0.15) is 18.5 Å². The zero-order chi connectivity index (χ0) is 10.4. The number of benzene rings is 1. The van der Waals surface area contributed by atoms with Crippen LogP contribution < -0.4 is 10.5 Å². The first kappa shape index (κ1) is 14.2. The molecule has 0 aromatic heterocycles. The van der Waals surface area contributed by atoms with Gasteiger partial charge in [-0.1, -0.05) is 12.1 Å². The summed E-state index contributed by atoms with van der Waals surface area (Å²) in [6.45, 7) is 3.18. The van der Waals surface area contributed by atoms with Crippen molar-refractivity contribution in [1.82, 2.24) is 0 Å². The Labute approximate surface area is 97.0 Å². The lowest BCUT2D eigenvalue weighted by atomic mass is 10.1. The van der Waals surface area contributed by atoms with E-state index in [1.54, 1.807) is 7.11 Å². The van der Waals surface area contributed by atoms with Crippen LogP contribution in [-0.4, -0.2) is 20.3 Å². The molecule has 0 unspecified atom stereocenters. The van der Waals surface area contributed by atoms with Gasteiger partial charge in [-0.25, -0.2) is 0 Å². The van der Waals surface area contributed by atoms with E-state index in [1.807, 2.05) is 31.2 Å². The molecule has 2 N–H and O–H groups in total. The first-order valence-electron chi connectivity index (χ1n) is 4.75. The highest BCUT2D eigenvalue weighted by Crippen LogP contribution is 2.16. The molecule has 1 rings (SSSR count). The Hall–Kier alpha value is -0.770. The molecule has 86 valence electrons. The molecule has 0 bridgehead atoms. The van der Waals surface area contributed by atoms with Gasteiger partial charge in [-0.2, -0.15) is 0 Å². The lowest BCUT2D eigenvalue weighted by Gasteiger charge is -2.11. The summed E-state index contributed by atoms with van der Waals surface area (Å²) in [5, 5.41) is 0. The van der Waals surface area contributed by atoms with Gasteiger partial charge in [0.15, 0.2) is 0 Å². The zero-order valence-corrected chi connectivity index (χ0v) is 9.92. The Morgan fingerprint density at radius 2 is 1.87 bits per heavy atom. The molecule has 0 aliphatic rings. The van der Waals surface area contributed by atoms with E-state index in [0.717, 1.165) is 11.3 Å². The van der Waals surface area contributed by atoms with Gasteiger partial charge < -0.3 is 15.2 Å². The van der Waals surface area contributed by atoms with Gasteiger partial charge in [0, 0.05) is 7.11 Å². The van der Waals surface area contributed by atoms with Crippen molar-refractivity contribution in [2.75, 3.05) is 20.3 Å². The first-order valence-corrected chi connectivity index (χ1v) is 4.75. The van der Waals surface area contributed by atoms with Gasteiger partial charge in [-0.15, -0.1) is 12.4 Å². The average Bonchev–Trinajstić information content (AvgIpc) is 2.20. The quantitative estimate of drug-likeness (QED) is 0.845. The molecule has 0 aliphatic carbocycles. The normalized spacial score (nSPS) is 11.7. The van der Waals surface area contributed by atoms with Gasteiger partial charge in [-0.05, 0) is 24.6 Å². The summed E-state index contributed by atoms with van der Waals surface area (Å²) in [6, 6.07) is 7.72. The van der Waals surface area contributed by atoms with Crippen molar-refractivity contribution >= 4 is 12.4 Å². The Morgan fingerprint density at radius 3 is 2.33 bits per heavy atom. The van der Waals surface area contributed by atoms with Crippen LogP contribution in [-0.2, 0) is 4.74 Å². The van der Waals surface area contributed by atoms with Crippen molar-refractivity contribution in [3.63, 3.8) is 0 Å². The standard InChI is InChI=1S/C11H17NO2.ClH/c1-3-14-10-6-4-9(5-7-10)11(12)8-13-2;/h4-7,11H,3,8,12H2,1-2H3;1H/t11-;/m0./s1. The minimum Gasteiger partial charge on any atom is -0.494 e. The van der Waals surface area contributed by atoms with Crippen LogP contribution in [0, 0.1) is 0 Å². The number of rotatable bonds is 5. The predicted molar refractivity (Wildman–Crippen MR) is 63.7 cm³/mol. The Kier molecular flexibility index (Phi) is 7.13. The van der Waals surface area contributed by atoms with Crippen LogP contribution >= 0.6 is 12.4 Å². The van der Waals surface area contributed by atoms with Crippen LogP contribution in [0.3, 0.4) is 0 Å². The van der Waals surface area contributed by atoms with Gasteiger partial charge in [-0.3, -0.25) is 0 Å². The fraction of sp³-hybridized carbons (Fsp3) is 0.455. The molecule has 1 atom stereocenters. The highest BCUT2D eigenvalue weighted by molar-refractivity contribution is 5.85. The summed E-state index contributed by atoms with van der Waals surface area (Å²) in [6.07, 6.45) is 0. The predicted octanol–water partition coefficient (Wildman–Crippen LogP) is 2.15. The van der Waals surface area contributed by atoms with Crippen molar-refractivity contribution in [3.8, 4) is 5.75 Å². The lowest BCUT2D eigenvalue weighted by molar-refractivity contribution is 0.181. The van der Waals surface area contributed by atoms with E-state index >= 15 is 0 Å². The number of hydrogen-bond acceptors (Lipinski definition) is 3. The average molecular weight is 232 g/mol. The van der Waals surface area contributed by atoms with Gasteiger partial charge in [0.1, 0.15) is 5.75 Å². The molecule has 15 heavy (non-hydrogen) atoms. The van der Waals surface area contributed by atoms with Crippen molar-refractivity contribution in [2.45, 2.75) is 13.0 Å². The number of halogens is 1. The van der Waals surface area contributed by atoms with Gasteiger partial charge in [0.05, 0.1) is 19.3 Å². The minimum atomic E-state index is -0.0596. The van der Waals surface area contributed by atoms with Crippen LogP contribution in [0.4, 0.5) is 0 Å². The van der Waals surface area contributed by atoms with Crippen LogP contribution in [0.2, 0.25) is 0 Å². The number of nitrogens with two attached hydrogens (primary N) is 1. The lowest BCUT2D eigenvalue weighted by Crippen LogP contribution is -2.15. The fourth-order valence-electron chi connectivity index (χ4n) is 1.25. The number of hydrogen-bond donors (Lipinski definition) is 1. The minimum absolute atomic E-state index is 0. The summed E-state index contributed by atoms with van der Waals surface area (Å²) in [4.78, 5) is 0. The molecule has 0 spiro atoms. The molecule has 0 amide bonds. The van der Waals surface area contributed by atoms with Gasteiger partial charge in [0.25, 0.3) is 0 Å². The van der Waals surface area contributed by atoms with E-state index in [4.69, 9.17) is 15.2 Å². The molecule has 4 heteroatoms. The van der Waals surface area contributed by atoms with Gasteiger partial charge in [0.2, 0.25) is 0 Å². The summed E-state index contributed by atoms with van der Waals surface area (Å²) >= 11 is 0. The second-order valence-corrected chi connectivity index (χ2v) is 3.06. The highest BCUT2D eigenvalue weighted by atomic mass is 35.5. The highest BCUT2D eigenvalue weighted by Gasteiger charge is 2.04. The molecule has 0 radical (unpaired) electrons. The molecular formula is C11H18ClNO2. The second-order valence-electron chi connectivity index (χ2n) is 3.06. The van der Waals surface area contributed by atoms with Gasteiger partial charge >= 0.3 is 0 Å². The van der Waals surface area contributed by atoms with E-state index < -0.39 is 0 Å². The van der Waals surface area contributed by atoms with Crippen LogP contribution in [0.5, 0.6) is 5.75 Å². The molecule has 0 aliphatic heterocycles. The van der Waals surface area contributed by atoms with Crippen molar-refractivity contribution in [1.29, 1.82) is 0 Å². The Bertz CT molecular complexity index is 264. The maximum atomic E-state index is 5.86. The molecule has 0 heterocycles. The largest absolute Gasteiger partial charge is 0.494 e. The third kappa shape index (κ3) is 4.51. The van der Waals surface area contributed by atoms with Crippen molar-refractivity contribution in [2.24, 2.45) is 5.73 Å². The topological polar surface area (TPSA) is 44.5 Å². The van der Waals surface area contributed by atoms with Crippen molar-refractivity contribution < 1.29 is 9.47 Å². The summed E-state index contributed by atoms with van der Waals surface area (Å²) in [5.41, 5.74) is 6.93. The first-order chi connectivity index (χ1) is 6.77. The summed E-state index contributed by atoms with van der Waals surface area (Å²) < 4.78 is 10.3. The maximum Gasteiger partial charge on any atom is 0.119 e. The monoisotopic (exact) mass is 231 g/mol. The maximum absolute atomic E-state index is 5.86. The van der Waals surface area contributed by atoms with Crippen LogP contribution in [0.25, 0.3) is 0 Å². The van der Waals surface area contributed by atoms with Crippen molar-refractivity contribution in [3.05, 3.63) is 29.8 Å². The van der Waals surface area contributed by atoms with E-state index in [0.29, 0.717) is 13.2 Å². The van der Waals surface area contributed by atoms with E-state index in [9.17, 15) is 0 Å². The molecule has 0 fully saturated rings. The van der Waals surface area contributed by atoms with E-state index in [-0.39, 0.29) is 18.4 Å². The number of ether oxygens (including phenoxy) is 2. The molecule has 1 aromatic carbocycles. The molecule has 1 aromatic rings. The Morgan fingerprint density at radius 1 is 1.27 bits per heavy atom. The molecular weight excluding hydrogens is 214 g/mol. The SMILES string of the molecule is CCOc1ccc([C@@H](N)COC)cc1.Cl. The summed E-state index contributed by atoms with van der Waals surface area (Å²) in [7, 11) is 1.65. The third-order valence-electron chi connectivity index (χ3n) is 1.97. The summed E-state index contributed by atoms with van der Waals surface area (Å²) in [5.74, 6) is 0.876. The fourth-order valence-corrected chi connectivity index (χ4v) is 1.25. The van der Waals surface area contributed by atoms with E-state index in [1.165, 1.54) is 0 Å². The molecule has 3 nitrogen and oxygen atoms in total. The molecule has 0 saturated heterocycles. The second kappa shape index (κ2) is 7.51. The molecule has 0 saturated carbocycles. The smallest absolute Gasteiger partial charge is 0.119 e. The Balaban J connectivity index is 0.00000196. The zero-order valence-electron chi connectivity index (χ0n) is 9.10.